The molecule has 0 radical (unpaired) electrons. The summed E-state index contributed by atoms with van der Waals surface area (Å²) in [5, 5.41) is 0. The molecule has 0 fully saturated rings. The second-order valence-electron chi connectivity index (χ2n) is 4.10. The van der Waals surface area contributed by atoms with Gasteiger partial charge >= 0.3 is 5.97 Å². The van der Waals surface area contributed by atoms with Gasteiger partial charge in [-0.15, -0.1) is 0 Å². The number of hydrogen-bond acceptors (Lipinski definition) is 3. The average Bonchev–Trinajstić information content (AvgIpc) is 2.42. The van der Waals surface area contributed by atoms with Crippen LogP contribution in [0.2, 0.25) is 0 Å². The molecule has 19 heavy (non-hydrogen) atoms. The van der Waals surface area contributed by atoms with Crippen LogP contribution < -0.4 is 0 Å². The van der Waals surface area contributed by atoms with E-state index in [-0.39, 0.29) is 5.97 Å². The monoisotopic (exact) mass is 273 g/mol. The molecule has 98 valence electrons. The van der Waals surface area contributed by atoms with E-state index in [0.717, 1.165) is 0 Å². The fourth-order valence-corrected chi connectivity index (χ4v) is 1.98. The Labute approximate surface area is 117 Å². The zero-order valence-corrected chi connectivity index (χ0v) is 11.5. The van der Waals surface area contributed by atoms with Gasteiger partial charge in [0.25, 0.3) is 0 Å². The summed E-state index contributed by atoms with van der Waals surface area (Å²) in [6, 6.07) is 11.8. The van der Waals surface area contributed by atoms with Gasteiger partial charge in [-0.1, -0.05) is 42.5 Å². The molecule has 2 aromatic rings. The zero-order chi connectivity index (χ0) is 13.7. The largest absolute Gasteiger partial charge is 0.462 e. The van der Waals surface area contributed by atoms with Crippen molar-refractivity contribution in [2.75, 3.05) is 6.61 Å². The van der Waals surface area contributed by atoms with Crippen LogP contribution in [0.4, 0.5) is 0 Å². The van der Waals surface area contributed by atoms with E-state index in [1.54, 1.807) is 19.2 Å². The number of carbonyl (C=O) groups is 1. The molecule has 0 aliphatic carbocycles. The molecule has 0 saturated heterocycles. The third kappa shape index (κ3) is 3.51. The van der Waals surface area contributed by atoms with Gasteiger partial charge in [-0.05, 0) is 18.6 Å². The van der Waals surface area contributed by atoms with E-state index in [2.05, 4.69) is 0 Å². The van der Waals surface area contributed by atoms with Crippen molar-refractivity contribution in [1.29, 1.82) is 0 Å². The van der Waals surface area contributed by atoms with Crippen molar-refractivity contribution in [2.45, 2.75) is 13.5 Å². The molecule has 0 N–H and O–H groups in total. The smallest absolute Gasteiger partial charge is 0.341 e. The minimum absolute atomic E-state index is 0.348. The zero-order valence-electron chi connectivity index (χ0n) is 10.7. The Bertz CT molecular complexity index is 620. The normalized spacial score (nSPS) is 10.2. The Kier molecular flexibility index (Phi) is 4.47. The number of benzene rings is 1. The first-order chi connectivity index (χ1) is 9.20. The van der Waals surface area contributed by atoms with Crippen molar-refractivity contribution in [3.05, 3.63) is 64.4 Å². The van der Waals surface area contributed by atoms with Crippen molar-refractivity contribution in [3.8, 4) is 0 Å². The lowest BCUT2D eigenvalue weighted by atomic mass is 10.2. The van der Waals surface area contributed by atoms with Crippen molar-refractivity contribution in [2.24, 2.45) is 0 Å². The molecule has 1 heterocycles. The van der Waals surface area contributed by atoms with Crippen LogP contribution in [0, 0.1) is 4.51 Å². The van der Waals surface area contributed by atoms with Gasteiger partial charge < -0.3 is 9.30 Å². The number of esters is 1. The van der Waals surface area contributed by atoms with Gasteiger partial charge in [0.05, 0.1) is 16.7 Å². The van der Waals surface area contributed by atoms with E-state index in [9.17, 15) is 4.79 Å². The molecule has 0 atom stereocenters. The van der Waals surface area contributed by atoms with E-state index in [1.807, 2.05) is 41.1 Å². The summed E-state index contributed by atoms with van der Waals surface area (Å²) in [6.07, 6.45) is 3.62. The minimum Gasteiger partial charge on any atom is -0.462 e. The van der Waals surface area contributed by atoms with Crippen molar-refractivity contribution in [1.82, 2.24) is 4.57 Å². The van der Waals surface area contributed by atoms with Crippen LogP contribution in [0.3, 0.4) is 0 Å². The van der Waals surface area contributed by atoms with Gasteiger partial charge in [-0.2, -0.15) is 0 Å². The summed E-state index contributed by atoms with van der Waals surface area (Å²) in [4.78, 5) is 11.8. The van der Waals surface area contributed by atoms with Gasteiger partial charge in [0.15, 0.2) is 0 Å². The molecule has 0 spiro atoms. The summed E-state index contributed by atoms with van der Waals surface area (Å²) in [5.41, 5.74) is 1.61. The molecule has 3 nitrogen and oxygen atoms in total. The molecule has 1 aromatic heterocycles. The van der Waals surface area contributed by atoms with Gasteiger partial charge in [0, 0.05) is 18.9 Å². The molecular formula is C15H15NO2S. The maximum Gasteiger partial charge on any atom is 0.341 e. The van der Waals surface area contributed by atoms with Gasteiger partial charge in [-0.3, -0.25) is 0 Å². The highest BCUT2D eigenvalue weighted by molar-refractivity contribution is 7.71. The number of rotatable bonds is 4. The molecule has 0 aliphatic heterocycles. The topological polar surface area (TPSA) is 31.2 Å². The Morgan fingerprint density at radius 1 is 1.26 bits per heavy atom. The molecule has 0 unspecified atom stereocenters. The lowest BCUT2D eigenvalue weighted by Crippen LogP contribution is -2.09. The van der Waals surface area contributed by atoms with Crippen LogP contribution in [0.5, 0.6) is 0 Å². The summed E-state index contributed by atoms with van der Waals surface area (Å²) in [7, 11) is 0. The second-order valence-corrected chi connectivity index (χ2v) is 4.54. The van der Waals surface area contributed by atoms with E-state index >= 15 is 0 Å². The van der Waals surface area contributed by atoms with E-state index in [1.165, 1.54) is 5.56 Å². The Balaban J connectivity index is 2.26. The first-order valence-electron chi connectivity index (χ1n) is 6.12. The fourth-order valence-electron chi connectivity index (χ4n) is 1.78. The van der Waals surface area contributed by atoms with Crippen LogP contribution >= 0.6 is 12.2 Å². The van der Waals surface area contributed by atoms with Crippen LogP contribution in [-0.2, 0) is 11.3 Å². The number of ether oxygens (including phenoxy) is 1. The van der Waals surface area contributed by atoms with Crippen LogP contribution in [0.1, 0.15) is 22.8 Å². The molecule has 1 aromatic carbocycles. The summed E-state index contributed by atoms with van der Waals surface area (Å²) >= 11 is 5.15. The maximum absolute atomic E-state index is 11.8. The third-order valence-corrected chi connectivity index (χ3v) is 3.04. The van der Waals surface area contributed by atoms with Crippen LogP contribution in [-0.4, -0.2) is 17.1 Å². The standard InChI is InChI=1S/C15H15NO2S/c1-2-18-15(17)13-11-16(9-8-14(13)19)10-12-6-4-3-5-7-12/h3-9,11H,2,10H2,1H3. The molecule has 2 rings (SSSR count). The molecule has 0 bridgehead atoms. The van der Waals surface area contributed by atoms with Gasteiger partial charge in [0.1, 0.15) is 0 Å². The Morgan fingerprint density at radius 2 is 2.00 bits per heavy atom. The van der Waals surface area contributed by atoms with E-state index < -0.39 is 0 Å². The predicted molar refractivity (Wildman–Crippen MR) is 76.8 cm³/mol. The number of hydrogen-bond donors (Lipinski definition) is 0. The van der Waals surface area contributed by atoms with E-state index in [0.29, 0.717) is 23.2 Å². The van der Waals surface area contributed by atoms with Crippen molar-refractivity contribution >= 4 is 18.2 Å². The maximum atomic E-state index is 11.8. The average molecular weight is 273 g/mol. The summed E-state index contributed by atoms with van der Waals surface area (Å²) in [5.74, 6) is -0.366. The lowest BCUT2D eigenvalue weighted by molar-refractivity contribution is 0.0524. The molecule has 0 aliphatic rings. The quantitative estimate of drug-likeness (QED) is 0.631. The Hall–Kier alpha value is -1.94. The molecular weight excluding hydrogens is 258 g/mol. The minimum atomic E-state index is -0.366. The second kappa shape index (κ2) is 6.29. The Morgan fingerprint density at radius 3 is 2.68 bits per heavy atom. The summed E-state index contributed by atoms with van der Waals surface area (Å²) in [6.45, 7) is 2.83. The predicted octanol–water partition coefficient (Wildman–Crippen LogP) is 3.44. The highest BCUT2D eigenvalue weighted by Crippen LogP contribution is 2.08. The first kappa shape index (κ1) is 13.5. The highest BCUT2D eigenvalue weighted by Gasteiger charge is 2.09. The van der Waals surface area contributed by atoms with Crippen molar-refractivity contribution < 1.29 is 9.53 Å². The molecule has 4 heteroatoms. The van der Waals surface area contributed by atoms with E-state index in [4.69, 9.17) is 17.0 Å². The number of carbonyl (C=O) groups excluding carboxylic acids is 1. The van der Waals surface area contributed by atoms with Gasteiger partial charge in [0.2, 0.25) is 0 Å². The molecule has 0 amide bonds. The fraction of sp³-hybridized carbons (Fsp3) is 0.200. The van der Waals surface area contributed by atoms with Crippen LogP contribution in [0.25, 0.3) is 0 Å². The van der Waals surface area contributed by atoms with Crippen molar-refractivity contribution in [3.63, 3.8) is 0 Å². The SMILES string of the molecule is CCOC(=O)c1cn(Cc2ccccc2)ccc1=S. The highest BCUT2D eigenvalue weighted by atomic mass is 32.1. The number of aromatic nitrogens is 1. The summed E-state index contributed by atoms with van der Waals surface area (Å²) < 4.78 is 7.44. The number of pyridine rings is 1. The van der Waals surface area contributed by atoms with Crippen LogP contribution in [0.15, 0.2) is 48.8 Å². The van der Waals surface area contributed by atoms with Gasteiger partial charge in [-0.25, -0.2) is 4.79 Å². The lowest BCUT2D eigenvalue weighted by Gasteiger charge is -2.09. The first-order valence-corrected chi connectivity index (χ1v) is 6.52. The number of nitrogens with zero attached hydrogens (tertiary/aromatic N) is 1. The third-order valence-electron chi connectivity index (χ3n) is 2.68. The molecule has 0 saturated carbocycles.